The van der Waals surface area contributed by atoms with E-state index < -0.39 is 0 Å². The maximum absolute atomic E-state index is 12.0. The van der Waals surface area contributed by atoms with E-state index in [9.17, 15) is 9.90 Å². The minimum absolute atomic E-state index is 0.247. The molecule has 0 heterocycles. The molecule has 1 atom stereocenters. The van der Waals surface area contributed by atoms with Crippen LogP contribution in [-0.2, 0) is 4.79 Å². The topological polar surface area (TPSA) is 63.3 Å². The average molecular weight is 344 g/mol. The number of phenols is 1. The second-order valence-electron chi connectivity index (χ2n) is 6.63. The third-order valence-electron chi connectivity index (χ3n) is 5.14. The lowest BCUT2D eigenvalue weighted by Gasteiger charge is -2.33. The van der Waals surface area contributed by atoms with Gasteiger partial charge < -0.3 is 10.8 Å². The molecular weight excluding hydrogens is 322 g/mol. The van der Waals surface area contributed by atoms with E-state index >= 15 is 0 Å². The molecular formula is C20H22ClNO2. The van der Waals surface area contributed by atoms with Crippen LogP contribution in [0.5, 0.6) is 5.75 Å². The van der Waals surface area contributed by atoms with Gasteiger partial charge in [0.1, 0.15) is 5.75 Å². The Morgan fingerprint density at radius 2 is 1.58 bits per heavy atom. The zero-order chi connectivity index (χ0) is 17.1. The van der Waals surface area contributed by atoms with Crippen molar-refractivity contribution in [2.24, 2.45) is 11.7 Å². The normalized spacial score (nSPS) is 22.0. The number of hydrogen-bond donors (Lipinski definition) is 2. The summed E-state index contributed by atoms with van der Waals surface area (Å²) in [5.41, 5.74) is 7.92. The fourth-order valence-corrected chi connectivity index (χ4v) is 4.00. The highest BCUT2D eigenvalue weighted by Gasteiger charge is 2.32. The summed E-state index contributed by atoms with van der Waals surface area (Å²) < 4.78 is 0. The highest BCUT2D eigenvalue weighted by atomic mass is 35.5. The van der Waals surface area contributed by atoms with Crippen molar-refractivity contribution in [1.29, 1.82) is 0 Å². The van der Waals surface area contributed by atoms with E-state index in [1.165, 1.54) is 5.56 Å². The molecule has 0 aliphatic heterocycles. The molecule has 4 heteroatoms. The van der Waals surface area contributed by atoms with Crippen molar-refractivity contribution in [3.63, 3.8) is 0 Å². The highest BCUT2D eigenvalue weighted by molar-refractivity contribution is 6.30. The predicted octanol–water partition coefficient (Wildman–Crippen LogP) is 4.59. The molecule has 2 aromatic carbocycles. The summed E-state index contributed by atoms with van der Waals surface area (Å²) in [6.07, 6.45) is 4.02. The number of carbonyl (C=O) groups excluding carboxylic acids is 1. The monoisotopic (exact) mass is 343 g/mol. The van der Waals surface area contributed by atoms with Crippen LogP contribution in [-0.4, -0.2) is 11.0 Å². The Hall–Kier alpha value is -2.00. The van der Waals surface area contributed by atoms with Gasteiger partial charge >= 0.3 is 0 Å². The highest BCUT2D eigenvalue weighted by Crippen LogP contribution is 2.42. The molecule has 2 aromatic rings. The van der Waals surface area contributed by atoms with Gasteiger partial charge in [-0.3, -0.25) is 4.79 Å². The zero-order valence-corrected chi connectivity index (χ0v) is 14.2. The van der Waals surface area contributed by atoms with Crippen LogP contribution in [0.3, 0.4) is 0 Å². The molecule has 24 heavy (non-hydrogen) atoms. The maximum atomic E-state index is 12.0. The number of benzene rings is 2. The summed E-state index contributed by atoms with van der Waals surface area (Å²) in [6, 6.07) is 14.9. The van der Waals surface area contributed by atoms with Gasteiger partial charge in [-0.2, -0.15) is 0 Å². The zero-order valence-electron chi connectivity index (χ0n) is 13.5. The third-order valence-corrected chi connectivity index (χ3v) is 5.40. The summed E-state index contributed by atoms with van der Waals surface area (Å²) in [4.78, 5) is 12.0. The number of rotatable bonds is 4. The molecule has 0 aromatic heterocycles. The molecule has 3 nitrogen and oxygen atoms in total. The molecule has 3 N–H and O–H groups in total. The largest absolute Gasteiger partial charge is 0.508 e. The number of nitrogens with two attached hydrogens (primary N) is 1. The van der Waals surface area contributed by atoms with E-state index in [-0.39, 0.29) is 17.7 Å². The van der Waals surface area contributed by atoms with E-state index in [0.29, 0.717) is 16.7 Å². The second-order valence-corrected chi connectivity index (χ2v) is 7.07. The van der Waals surface area contributed by atoms with E-state index in [2.05, 4.69) is 0 Å². The lowest BCUT2D eigenvalue weighted by molar-refractivity contribution is -0.120. The molecule has 3 rings (SSSR count). The van der Waals surface area contributed by atoms with Gasteiger partial charge in [0, 0.05) is 5.02 Å². The predicted molar refractivity (Wildman–Crippen MR) is 96.2 cm³/mol. The molecule has 126 valence electrons. The summed E-state index contributed by atoms with van der Waals surface area (Å²) in [5, 5.41) is 10.1. The molecule has 1 amide bonds. The van der Waals surface area contributed by atoms with Crippen molar-refractivity contribution in [3.05, 3.63) is 64.7 Å². The van der Waals surface area contributed by atoms with Crippen LogP contribution in [0, 0.1) is 5.92 Å². The molecule has 0 saturated heterocycles. The minimum Gasteiger partial charge on any atom is -0.508 e. The molecule has 1 unspecified atom stereocenters. The summed E-state index contributed by atoms with van der Waals surface area (Å²) in [5.74, 6) is 0.551. The van der Waals surface area contributed by atoms with Gasteiger partial charge in [-0.1, -0.05) is 35.9 Å². The fourth-order valence-electron chi connectivity index (χ4n) is 3.87. The first-order chi connectivity index (χ1) is 11.5. The van der Waals surface area contributed by atoms with Crippen molar-refractivity contribution in [2.75, 3.05) is 0 Å². The quantitative estimate of drug-likeness (QED) is 0.852. The average Bonchev–Trinajstić information content (AvgIpc) is 2.58. The lowest BCUT2D eigenvalue weighted by atomic mass is 9.72. The number of phenolic OH excluding ortho intramolecular Hbond substituents is 1. The number of amides is 1. The van der Waals surface area contributed by atoms with E-state index in [4.69, 9.17) is 17.3 Å². The van der Waals surface area contributed by atoms with Crippen LogP contribution in [0.15, 0.2) is 48.5 Å². The smallest absolute Gasteiger partial charge is 0.225 e. The van der Waals surface area contributed by atoms with Gasteiger partial charge in [-0.05, 0) is 72.9 Å². The van der Waals surface area contributed by atoms with Gasteiger partial charge in [-0.15, -0.1) is 0 Å². The molecule has 1 aliphatic rings. The van der Waals surface area contributed by atoms with Crippen molar-refractivity contribution in [1.82, 2.24) is 0 Å². The van der Waals surface area contributed by atoms with Crippen LogP contribution in [0.2, 0.25) is 5.02 Å². The van der Waals surface area contributed by atoms with Crippen molar-refractivity contribution >= 4 is 17.5 Å². The van der Waals surface area contributed by atoms with Crippen molar-refractivity contribution in [3.8, 4) is 5.75 Å². The van der Waals surface area contributed by atoms with Gasteiger partial charge in [0.15, 0.2) is 0 Å². The van der Waals surface area contributed by atoms with Crippen LogP contribution in [0.25, 0.3) is 0 Å². The first-order valence-corrected chi connectivity index (χ1v) is 8.76. The lowest BCUT2D eigenvalue weighted by Crippen LogP contribution is -2.30. The Balaban J connectivity index is 1.70. The number of hydrogen-bond acceptors (Lipinski definition) is 2. The van der Waals surface area contributed by atoms with Gasteiger partial charge in [-0.25, -0.2) is 0 Å². The third kappa shape index (κ3) is 3.73. The number of aromatic hydroxyl groups is 1. The molecule has 1 saturated carbocycles. The molecule has 1 aliphatic carbocycles. The van der Waals surface area contributed by atoms with Gasteiger partial charge in [0.05, 0.1) is 5.92 Å². The van der Waals surface area contributed by atoms with Crippen LogP contribution >= 0.6 is 11.6 Å². The Labute approximate surface area is 147 Å². The number of halogens is 1. The SMILES string of the molecule is NC(=O)C(c1ccc(Cl)cc1)C1CCC(c2ccc(O)cc2)CC1. The van der Waals surface area contributed by atoms with Gasteiger partial charge in [0.2, 0.25) is 5.91 Å². The second kappa shape index (κ2) is 7.27. The molecule has 0 bridgehead atoms. The van der Waals surface area contributed by atoms with E-state index in [0.717, 1.165) is 31.2 Å². The van der Waals surface area contributed by atoms with Crippen molar-refractivity contribution in [2.45, 2.75) is 37.5 Å². The first-order valence-electron chi connectivity index (χ1n) is 8.38. The van der Waals surface area contributed by atoms with E-state index in [1.54, 1.807) is 12.1 Å². The first kappa shape index (κ1) is 16.8. The Morgan fingerprint density at radius 3 is 2.12 bits per heavy atom. The molecule has 0 radical (unpaired) electrons. The van der Waals surface area contributed by atoms with E-state index in [1.807, 2.05) is 36.4 Å². The Kier molecular flexibility index (Phi) is 5.10. The van der Waals surface area contributed by atoms with Gasteiger partial charge in [0.25, 0.3) is 0 Å². The summed E-state index contributed by atoms with van der Waals surface area (Å²) in [6.45, 7) is 0. The van der Waals surface area contributed by atoms with Crippen LogP contribution in [0.4, 0.5) is 0 Å². The summed E-state index contributed by atoms with van der Waals surface area (Å²) >= 11 is 5.95. The Bertz CT molecular complexity index is 689. The summed E-state index contributed by atoms with van der Waals surface area (Å²) in [7, 11) is 0. The van der Waals surface area contributed by atoms with Crippen LogP contribution in [0.1, 0.15) is 48.6 Å². The molecule has 0 spiro atoms. The minimum atomic E-state index is -0.259. The number of carbonyl (C=O) groups is 1. The standard InChI is InChI=1S/C20H22ClNO2/c21-17-9-5-16(6-10-17)19(20(22)24)15-3-1-13(2-4-15)14-7-11-18(23)12-8-14/h5-13,15,19,23H,1-4H2,(H2,22,24). The van der Waals surface area contributed by atoms with Crippen LogP contribution < -0.4 is 5.73 Å². The Morgan fingerprint density at radius 1 is 1.00 bits per heavy atom. The molecule has 1 fully saturated rings. The maximum Gasteiger partial charge on any atom is 0.225 e. The fraction of sp³-hybridized carbons (Fsp3) is 0.350. The van der Waals surface area contributed by atoms with Crippen molar-refractivity contribution < 1.29 is 9.90 Å². The number of primary amides is 1.